The fraction of sp³-hybridized carbons (Fsp3) is 0.0909. The number of hydrogen-bond acceptors (Lipinski definition) is 5. The third-order valence-corrected chi connectivity index (χ3v) is 3.02. The molecule has 0 aromatic carbocycles. The third kappa shape index (κ3) is 2.90. The van der Waals surface area contributed by atoms with E-state index >= 15 is 0 Å². The van der Waals surface area contributed by atoms with Crippen LogP contribution in [0.15, 0.2) is 22.9 Å². The number of furan rings is 1. The van der Waals surface area contributed by atoms with Crippen molar-refractivity contribution in [2.75, 3.05) is 11.9 Å². The van der Waals surface area contributed by atoms with Gasteiger partial charge in [-0.2, -0.15) is 0 Å². The molecule has 0 fully saturated rings. The van der Waals surface area contributed by atoms with E-state index in [0.29, 0.717) is 5.13 Å². The maximum atomic E-state index is 11.8. The highest BCUT2D eigenvalue weighted by Gasteiger charge is 2.14. The molecule has 0 unspecified atom stereocenters. The number of carbonyl (C=O) groups is 1. The Balaban J connectivity index is 2.08. The molecule has 3 N–H and O–H groups in total. The van der Waals surface area contributed by atoms with Crippen molar-refractivity contribution in [1.29, 1.82) is 0 Å². The lowest BCUT2D eigenvalue weighted by Gasteiger charge is -1.97. The predicted octanol–water partition coefficient (Wildman–Crippen LogP) is 1.95. The molecule has 0 spiro atoms. The fourth-order valence-corrected chi connectivity index (χ4v) is 2.03. The molecule has 0 atom stereocenters. The summed E-state index contributed by atoms with van der Waals surface area (Å²) in [4.78, 5) is 16.5. The summed E-state index contributed by atoms with van der Waals surface area (Å²) in [5.74, 6) is 5.16. The van der Waals surface area contributed by atoms with Crippen molar-refractivity contribution in [2.24, 2.45) is 5.73 Å². The lowest BCUT2D eigenvalue weighted by molar-refractivity contribution is 0.102. The van der Waals surface area contributed by atoms with E-state index in [1.807, 2.05) is 0 Å². The molecule has 2 rings (SSSR count). The molecule has 1 amide bonds. The monoisotopic (exact) mass is 281 g/mol. The third-order valence-electron chi connectivity index (χ3n) is 1.90. The summed E-state index contributed by atoms with van der Waals surface area (Å²) in [6, 6.07) is 1.49. The molecule has 0 aliphatic carbocycles. The number of halogens is 1. The molecule has 2 heterocycles. The van der Waals surface area contributed by atoms with Crippen LogP contribution in [0, 0.1) is 11.8 Å². The second-order valence-electron chi connectivity index (χ2n) is 3.10. The Hall–Kier alpha value is -1.81. The number of thiazole rings is 1. The van der Waals surface area contributed by atoms with Gasteiger partial charge in [0.15, 0.2) is 5.13 Å². The summed E-state index contributed by atoms with van der Waals surface area (Å²) in [6.07, 6.45) is 2.91. The molecule has 2 aromatic rings. The van der Waals surface area contributed by atoms with E-state index in [1.165, 1.54) is 23.7 Å². The van der Waals surface area contributed by atoms with E-state index in [-0.39, 0.29) is 23.2 Å². The van der Waals surface area contributed by atoms with E-state index in [4.69, 9.17) is 21.8 Å². The molecular formula is C11H8ClN3O2S. The quantitative estimate of drug-likeness (QED) is 0.825. The number of hydrogen-bond donors (Lipinski definition) is 2. The highest BCUT2D eigenvalue weighted by atomic mass is 35.5. The van der Waals surface area contributed by atoms with Crippen molar-refractivity contribution in [1.82, 2.24) is 4.98 Å². The van der Waals surface area contributed by atoms with E-state index in [9.17, 15) is 4.79 Å². The van der Waals surface area contributed by atoms with E-state index in [0.717, 1.165) is 4.88 Å². The predicted molar refractivity (Wildman–Crippen MR) is 69.7 cm³/mol. The van der Waals surface area contributed by atoms with Crippen molar-refractivity contribution >= 4 is 34.0 Å². The molecule has 2 aromatic heterocycles. The van der Waals surface area contributed by atoms with Crippen LogP contribution in [0.4, 0.5) is 5.13 Å². The number of anilines is 1. The Kier molecular flexibility index (Phi) is 3.99. The molecule has 0 saturated carbocycles. The van der Waals surface area contributed by atoms with Crippen LogP contribution >= 0.6 is 22.9 Å². The van der Waals surface area contributed by atoms with Crippen molar-refractivity contribution < 1.29 is 9.21 Å². The highest BCUT2D eigenvalue weighted by Crippen LogP contribution is 2.21. The van der Waals surface area contributed by atoms with Gasteiger partial charge in [0.05, 0.1) is 29.4 Å². The number of amides is 1. The second-order valence-corrected chi connectivity index (χ2v) is 4.47. The minimum Gasteiger partial charge on any atom is -0.452 e. The summed E-state index contributed by atoms with van der Waals surface area (Å²) >= 11 is 6.95. The number of nitrogens with two attached hydrogens (primary N) is 1. The van der Waals surface area contributed by atoms with E-state index < -0.39 is 0 Å². The second kappa shape index (κ2) is 5.69. The zero-order valence-electron chi connectivity index (χ0n) is 9.07. The number of rotatable bonds is 2. The van der Waals surface area contributed by atoms with Gasteiger partial charge in [0.25, 0.3) is 5.91 Å². The summed E-state index contributed by atoms with van der Waals surface area (Å²) in [7, 11) is 0. The maximum Gasteiger partial charge on any atom is 0.262 e. The highest BCUT2D eigenvalue weighted by molar-refractivity contribution is 7.16. The number of nitrogens with one attached hydrogen (secondary N) is 1. The molecule has 92 valence electrons. The topological polar surface area (TPSA) is 81.1 Å². The van der Waals surface area contributed by atoms with Gasteiger partial charge in [-0.25, -0.2) is 4.98 Å². The van der Waals surface area contributed by atoms with E-state index in [1.54, 1.807) is 6.20 Å². The van der Waals surface area contributed by atoms with Gasteiger partial charge in [0.2, 0.25) is 5.22 Å². The van der Waals surface area contributed by atoms with Crippen LogP contribution in [0.3, 0.4) is 0 Å². The van der Waals surface area contributed by atoms with Crippen molar-refractivity contribution in [3.63, 3.8) is 0 Å². The van der Waals surface area contributed by atoms with Gasteiger partial charge in [-0.05, 0) is 17.7 Å². The van der Waals surface area contributed by atoms with Gasteiger partial charge in [-0.3, -0.25) is 10.1 Å². The van der Waals surface area contributed by atoms with Crippen LogP contribution in [0.1, 0.15) is 15.2 Å². The van der Waals surface area contributed by atoms with Gasteiger partial charge in [-0.15, -0.1) is 0 Å². The Bertz CT molecular complexity index is 624. The van der Waals surface area contributed by atoms with Gasteiger partial charge < -0.3 is 10.2 Å². The van der Waals surface area contributed by atoms with Crippen molar-refractivity contribution in [3.05, 3.63) is 34.2 Å². The van der Waals surface area contributed by atoms with Gasteiger partial charge >= 0.3 is 0 Å². The smallest absolute Gasteiger partial charge is 0.262 e. The summed E-state index contributed by atoms with van der Waals surface area (Å²) in [5.41, 5.74) is 5.53. The van der Waals surface area contributed by atoms with Crippen LogP contribution in [-0.4, -0.2) is 17.4 Å². The van der Waals surface area contributed by atoms with Gasteiger partial charge in [0, 0.05) is 0 Å². The Morgan fingerprint density at radius 2 is 2.50 bits per heavy atom. The first-order valence-corrected chi connectivity index (χ1v) is 6.09. The lowest BCUT2D eigenvalue weighted by atomic mass is 10.3. The average Bonchev–Trinajstić information content (AvgIpc) is 2.95. The fourth-order valence-electron chi connectivity index (χ4n) is 1.15. The number of carbonyl (C=O) groups excluding carboxylic acids is 1. The van der Waals surface area contributed by atoms with Crippen LogP contribution in [-0.2, 0) is 0 Å². The number of aromatic nitrogens is 1. The maximum absolute atomic E-state index is 11.8. The normalized spacial score (nSPS) is 9.67. The minimum absolute atomic E-state index is 0.0483. The zero-order valence-corrected chi connectivity index (χ0v) is 10.6. The first-order chi connectivity index (χ1) is 8.70. The Morgan fingerprint density at radius 1 is 1.67 bits per heavy atom. The molecule has 0 radical (unpaired) electrons. The molecule has 0 aliphatic heterocycles. The summed E-state index contributed by atoms with van der Waals surface area (Å²) in [6.45, 7) is 0.282. The van der Waals surface area contributed by atoms with E-state index in [2.05, 4.69) is 22.1 Å². The lowest BCUT2D eigenvalue weighted by Crippen LogP contribution is -2.10. The molecule has 0 aliphatic rings. The first-order valence-electron chi connectivity index (χ1n) is 4.90. The number of nitrogens with zero attached hydrogens (tertiary/aromatic N) is 1. The van der Waals surface area contributed by atoms with Crippen LogP contribution in [0.5, 0.6) is 0 Å². The van der Waals surface area contributed by atoms with Gasteiger partial charge in [-0.1, -0.05) is 23.2 Å². The van der Waals surface area contributed by atoms with Crippen LogP contribution < -0.4 is 11.1 Å². The standard InChI is InChI=1S/C11H8ClN3O2S/c12-9-8(3-5-17-9)10(16)15-11-14-6-7(18-11)2-1-4-13/h3,5-6H,4,13H2,(H,14,15,16). The van der Waals surface area contributed by atoms with Gasteiger partial charge in [0.1, 0.15) is 0 Å². The average molecular weight is 282 g/mol. The first kappa shape index (κ1) is 12.6. The minimum atomic E-state index is -0.374. The molecule has 0 bridgehead atoms. The Labute approximate surface area is 112 Å². The van der Waals surface area contributed by atoms with Crippen LogP contribution in [0.2, 0.25) is 5.22 Å². The SMILES string of the molecule is NCC#Cc1cnc(NC(=O)c2ccoc2Cl)s1. The Morgan fingerprint density at radius 3 is 3.17 bits per heavy atom. The van der Waals surface area contributed by atoms with Crippen molar-refractivity contribution in [3.8, 4) is 11.8 Å². The van der Waals surface area contributed by atoms with Crippen molar-refractivity contribution in [2.45, 2.75) is 0 Å². The molecule has 7 heteroatoms. The molecule has 0 saturated heterocycles. The summed E-state index contributed by atoms with van der Waals surface area (Å²) < 4.78 is 4.83. The summed E-state index contributed by atoms with van der Waals surface area (Å²) in [5, 5.41) is 3.10. The van der Waals surface area contributed by atoms with Crippen LogP contribution in [0.25, 0.3) is 0 Å². The molecular weight excluding hydrogens is 274 g/mol. The molecule has 5 nitrogen and oxygen atoms in total. The largest absolute Gasteiger partial charge is 0.452 e. The zero-order chi connectivity index (χ0) is 13.0. The molecule has 18 heavy (non-hydrogen) atoms.